The number of anilines is 4. The number of rotatable bonds is 5. The van der Waals surface area contributed by atoms with E-state index in [1.54, 1.807) is 42.6 Å². The minimum atomic E-state index is -0.353. The van der Waals surface area contributed by atoms with Crippen LogP contribution in [0.4, 0.5) is 23.1 Å². The van der Waals surface area contributed by atoms with E-state index in [0.29, 0.717) is 22.2 Å². The molecule has 0 aliphatic heterocycles. The van der Waals surface area contributed by atoms with Crippen LogP contribution in [0.5, 0.6) is 0 Å². The summed E-state index contributed by atoms with van der Waals surface area (Å²) in [6.45, 7) is 0. The van der Waals surface area contributed by atoms with Gasteiger partial charge in [0.25, 0.3) is 5.91 Å². The topological polar surface area (TPSA) is 118 Å². The number of carbonyl (C=O) groups excluding carboxylic acids is 1. The lowest BCUT2D eigenvalue weighted by Crippen LogP contribution is -2.30. The molecule has 0 unspecified atom stereocenters. The molecule has 9 heteroatoms. The summed E-state index contributed by atoms with van der Waals surface area (Å²) in [6, 6.07) is 11.9. The summed E-state index contributed by atoms with van der Waals surface area (Å²) in [5, 5.41) is 3.53. The predicted molar refractivity (Wildman–Crippen MR) is 96.5 cm³/mol. The molecule has 1 aromatic carbocycles. The number of amides is 1. The van der Waals surface area contributed by atoms with Gasteiger partial charge in [-0.1, -0.05) is 17.7 Å². The average molecular weight is 356 g/mol. The summed E-state index contributed by atoms with van der Waals surface area (Å²) in [5.74, 6) is 0.866. The highest BCUT2D eigenvalue weighted by atomic mass is 35.5. The zero-order valence-electron chi connectivity index (χ0n) is 12.9. The Morgan fingerprint density at radius 3 is 2.48 bits per heavy atom. The number of benzene rings is 1. The lowest BCUT2D eigenvalue weighted by molar-refractivity contribution is 0.0962. The molecule has 0 saturated carbocycles. The van der Waals surface area contributed by atoms with Crippen LogP contribution < -0.4 is 21.9 Å². The number of hydrogen-bond acceptors (Lipinski definition) is 7. The fourth-order valence-corrected chi connectivity index (χ4v) is 2.07. The molecule has 25 heavy (non-hydrogen) atoms. The summed E-state index contributed by atoms with van der Waals surface area (Å²) in [5.41, 5.74) is 11.9. The number of nitrogens with zero attached hydrogens (tertiary/aromatic N) is 3. The Kier molecular flexibility index (Phi) is 4.91. The predicted octanol–water partition coefficient (Wildman–Crippen LogP) is 2.61. The molecule has 0 aliphatic rings. The molecule has 8 nitrogen and oxygen atoms in total. The third-order valence-electron chi connectivity index (χ3n) is 3.20. The summed E-state index contributed by atoms with van der Waals surface area (Å²) in [6.07, 6.45) is 2.96. The molecule has 3 aromatic rings. The number of halogens is 1. The molecule has 0 bridgehead atoms. The molecule has 0 radical (unpaired) electrons. The van der Waals surface area contributed by atoms with E-state index in [1.165, 1.54) is 6.33 Å². The maximum atomic E-state index is 12.1. The second kappa shape index (κ2) is 7.45. The number of aromatic nitrogens is 3. The minimum Gasteiger partial charge on any atom is -0.393 e. The van der Waals surface area contributed by atoms with Crippen molar-refractivity contribution in [2.24, 2.45) is 0 Å². The summed E-state index contributed by atoms with van der Waals surface area (Å²) in [7, 11) is 0. The van der Waals surface area contributed by atoms with E-state index in [9.17, 15) is 4.79 Å². The van der Waals surface area contributed by atoms with Crippen LogP contribution in [0.25, 0.3) is 0 Å². The van der Waals surface area contributed by atoms with E-state index in [4.69, 9.17) is 17.3 Å². The van der Waals surface area contributed by atoms with E-state index in [1.807, 2.05) is 6.07 Å². The van der Waals surface area contributed by atoms with Crippen LogP contribution in [0.2, 0.25) is 5.02 Å². The Bertz CT molecular complexity index is 871. The number of hydrazine groups is 1. The summed E-state index contributed by atoms with van der Waals surface area (Å²) < 4.78 is 0. The Hall–Kier alpha value is -3.39. The van der Waals surface area contributed by atoms with Crippen molar-refractivity contribution in [2.45, 2.75) is 0 Å². The van der Waals surface area contributed by atoms with Crippen molar-refractivity contribution < 1.29 is 4.79 Å². The minimum absolute atomic E-state index is 0.240. The van der Waals surface area contributed by atoms with Gasteiger partial charge in [-0.25, -0.2) is 15.0 Å². The van der Waals surface area contributed by atoms with Crippen LogP contribution in [-0.2, 0) is 0 Å². The standard InChI is InChI=1S/C16H14ClN7O/c17-11-6-4-10(5-7-11)16(25)24-23-15-13(18)14(20-9-21-15)22-12-3-1-2-8-19-12/h1-9H,18H2,(H,24,25)(H2,19,20,21,22,23). The molecule has 5 N–H and O–H groups in total. The molecule has 0 fully saturated rings. The molecule has 0 saturated heterocycles. The number of carbonyl (C=O) groups is 1. The SMILES string of the molecule is Nc1c(NNC(=O)c2ccc(Cl)cc2)ncnc1Nc1ccccn1. The Morgan fingerprint density at radius 1 is 1.00 bits per heavy atom. The third kappa shape index (κ3) is 4.12. The number of nitrogen functional groups attached to an aromatic ring is 1. The highest BCUT2D eigenvalue weighted by molar-refractivity contribution is 6.30. The molecule has 0 atom stereocenters. The molecule has 2 aromatic heterocycles. The van der Waals surface area contributed by atoms with Gasteiger partial charge in [0, 0.05) is 16.8 Å². The smallest absolute Gasteiger partial charge is 0.269 e. The van der Waals surface area contributed by atoms with E-state index in [-0.39, 0.29) is 17.4 Å². The first-order valence-electron chi connectivity index (χ1n) is 7.24. The lowest BCUT2D eigenvalue weighted by Gasteiger charge is -2.12. The van der Waals surface area contributed by atoms with Crippen molar-refractivity contribution in [2.75, 3.05) is 16.5 Å². The lowest BCUT2D eigenvalue weighted by atomic mass is 10.2. The second-order valence-corrected chi connectivity index (χ2v) is 5.35. The van der Waals surface area contributed by atoms with E-state index >= 15 is 0 Å². The number of nitrogens with two attached hydrogens (primary N) is 1. The van der Waals surface area contributed by atoms with Crippen molar-refractivity contribution >= 4 is 40.6 Å². The quantitative estimate of drug-likeness (QED) is 0.519. The van der Waals surface area contributed by atoms with Gasteiger partial charge in [0.05, 0.1) is 0 Å². The third-order valence-corrected chi connectivity index (χ3v) is 3.45. The van der Waals surface area contributed by atoms with Gasteiger partial charge in [-0.2, -0.15) is 0 Å². The molecule has 2 heterocycles. The molecule has 3 rings (SSSR count). The normalized spacial score (nSPS) is 10.1. The first-order valence-corrected chi connectivity index (χ1v) is 7.62. The van der Waals surface area contributed by atoms with Crippen LogP contribution >= 0.6 is 11.6 Å². The zero-order valence-corrected chi connectivity index (χ0v) is 13.7. The molecule has 0 aliphatic carbocycles. The maximum Gasteiger partial charge on any atom is 0.269 e. The van der Waals surface area contributed by atoms with Crippen LogP contribution in [0.1, 0.15) is 10.4 Å². The van der Waals surface area contributed by atoms with Crippen LogP contribution in [-0.4, -0.2) is 20.9 Å². The van der Waals surface area contributed by atoms with E-state index in [0.717, 1.165) is 0 Å². The first-order chi connectivity index (χ1) is 12.1. The fraction of sp³-hybridized carbons (Fsp3) is 0. The van der Waals surface area contributed by atoms with Crippen LogP contribution in [0.15, 0.2) is 55.0 Å². The summed E-state index contributed by atoms with van der Waals surface area (Å²) >= 11 is 5.80. The molecule has 126 valence electrons. The van der Waals surface area contributed by atoms with E-state index in [2.05, 4.69) is 31.1 Å². The highest BCUT2D eigenvalue weighted by Gasteiger charge is 2.10. The fourth-order valence-electron chi connectivity index (χ4n) is 1.94. The van der Waals surface area contributed by atoms with Gasteiger partial charge in [0.15, 0.2) is 11.6 Å². The Morgan fingerprint density at radius 2 is 1.76 bits per heavy atom. The van der Waals surface area contributed by atoms with Gasteiger partial charge < -0.3 is 11.1 Å². The zero-order chi connectivity index (χ0) is 17.6. The van der Waals surface area contributed by atoms with Gasteiger partial charge >= 0.3 is 0 Å². The van der Waals surface area contributed by atoms with Gasteiger partial charge in [0.1, 0.15) is 17.8 Å². The number of hydrogen-bond donors (Lipinski definition) is 4. The van der Waals surface area contributed by atoms with Gasteiger partial charge in [0.2, 0.25) is 0 Å². The maximum absolute atomic E-state index is 12.1. The molecular formula is C16H14ClN7O. The van der Waals surface area contributed by atoms with Gasteiger partial charge in [-0.3, -0.25) is 15.6 Å². The van der Waals surface area contributed by atoms with E-state index < -0.39 is 0 Å². The van der Waals surface area contributed by atoms with Gasteiger partial charge in [-0.05, 0) is 36.4 Å². The largest absolute Gasteiger partial charge is 0.393 e. The van der Waals surface area contributed by atoms with Crippen LogP contribution in [0, 0.1) is 0 Å². The van der Waals surface area contributed by atoms with Crippen molar-refractivity contribution in [1.82, 2.24) is 20.4 Å². The van der Waals surface area contributed by atoms with Gasteiger partial charge in [-0.15, -0.1) is 0 Å². The van der Waals surface area contributed by atoms with Crippen molar-refractivity contribution in [1.29, 1.82) is 0 Å². The number of nitrogens with one attached hydrogen (secondary N) is 3. The first kappa shape index (κ1) is 16.5. The Balaban J connectivity index is 1.69. The summed E-state index contributed by atoms with van der Waals surface area (Å²) in [4.78, 5) is 24.3. The molecular weight excluding hydrogens is 342 g/mol. The van der Waals surface area contributed by atoms with Crippen molar-refractivity contribution in [3.8, 4) is 0 Å². The molecule has 0 spiro atoms. The highest BCUT2D eigenvalue weighted by Crippen LogP contribution is 2.24. The van der Waals surface area contributed by atoms with Crippen molar-refractivity contribution in [3.05, 3.63) is 65.6 Å². The monoisotopic (exact) mass is 355 g/mol. The number of pyridine rings is 1. The Labute approximate surface area is 148 Å². The van der Waals surface area contributed by atoms with Crippen molar-refractivity contribution in [3.63, 3.8) is 0 Å². The van der Waals surface area contributed by atoms with Crippen LogP contribution in [0.3, 0.4) is 0 Å². The second-order valence-electron chi connectivity index (χ2n) is 4.91. The average Bonchev–Trinajstić information content (AvgIpc) is 2.63. The molecule has 1 amide bonds.